The van der Waals surface area contributed by atoms with Crippen LogP contribution in [0.2, 0.25) is 5.02 Å². The first-order chi connectivity index (χ1) is 13.3. The normalized spacial score (nSPS) is 27.4. The fourth-order valence-corrected chi connectivity index (χ4v) is 3.45. The lowest BCUT2D eigenvalue weighted by molar-refractivity contribution is -0.221. The molecule has 1 fully saturated rings. The van der Waals surface area contributed by atoms with E-state index in [2.05, 4.69) is 0 Å². The molecule has 1 saturated heterocycles. The zero-order valence-electron chi connectivity index (χ0n) is 15.2. The predicted octanol–water partition coefficient (Wildman–Crippen LogP) is 0.947. The molecule has 5 N–H and O–H groups in total. The van der Waals surface area contributed by atoms with Crippen LogP contribution in [0.1, 0.15) is 22.8 Å². The summed E-state index contributed by atoms with van der Waals surface area (Å²) < 4.78 is 10.7. The number of halogens is 1. The van der Waals surface area contributed by atoms with Crippen molar-refractivity contribution in [3.8, 4) is 5.75 Å². The van der Waals surface area contributed by atoms with Gasteiger partial charge in [0.25, 0.3) is 0 Å². The van der Waals surface area contributed by atoms with Crippen molar-refractivity contribution in [2.75, 3.05) is 7.11 Å². The highest BCUT2D eigenvalue weighted by Crippen LogP contribution is 2.34. The topological polar surface area (TPSA) is 122 Å². The summed E-state index contributed by atoms with van der Waals surface area (Å²) in [6.45, 7) is 0. The third-order valence-corrected chi connectivity index (χ3v) is 5.21. The molecule has 1 amide bonds. The first-order valence-electron chi connectivity index (χ1n) is 8.72. The van der Waals surface area contributed by atoms with Crippen LogP contribution in [-0.2, 0) is 16.0 Å². The van der Waals surface area contributed by atoms with Gasteiger partial charge >= 0.3 is 0 Å². The maximum atomic E-state index is 11.5. The molecule has 2 aromatic rings. The Labute approximate surface area is 167 Å². The first kappa shape index (κ1) is 20.6. The van der Waals surface area contributed by atoms with Crippen LogP contribution in [-0.4, -0.2) is 52.8 Å². The Kier molecular flexibility index (Phi) is 6.22. The summed E-state index contributed by atoms with van der Waals surface area (Å²) in [5.74, 6) is -0.178. The molecule has 0 unspecified atom stereocenters. The molecular weight excluding hydrogens is 386 g/mol. The molecule has 0 radical (unpaired) electrons. The summed E-state index contributed by atoms with van der Waals surface area (Å²) in [7, 11) is 1.59. The number of nitrogens with two attached hydrogens (primary N) is 1. The predicted molar refractivity (Wildman–Crippen MR) is 102 cm³/mol. The number of benzene rings is 2. The molecule has 1 aliphatic rings. The number of aliphatic hydroxyl groups is 3. The maximum Gasteiger partial charge on any atom is 0.249 e. The van der Waals surface area contributed by atoms with Crippen LogP contribution in [0.3, 0.4) is 0 Å². The SMILES string of the molecule is COc1ccc(Cc2cc([C@@H]3O[C@H](C(N)=O)[C@@H](O)[C@H](O)[C@H]3O)ccc2Cl)cc1. The van der Waals surface area contributed by atoms with Crippen molar-refractivity contribution in [3.63, 3.8) is 0 Å². The van der Waals surface area contributed by atoms with Gasteiger partial charge in [0, 0.05) is 5.02 Å². The standard InChI is InChI=1S/C20H22ClNO6/c1-27-13-5-2-10(3-6-13)8-12-9-11(4-7-14(12)21)18-16(24)15(23)17(25)19(28-18)20(22)26/h2-7,9,15-19,23-25H,8H2,1H3,(H2,22,26)/t15-,16-,17+,18+,19+/m1/s1. The number of hydrogen-bond acceptors (Lipinski definition) is 6. The van der Waals surface area contributed by atoms with Gasteiger partial charge in [-0.05, 0) is 41.3 Å². The maximum absolute atomic E-state index is 11.5. The number of ether oxygens (including phenoxy) is 2. The lowest BCUT2D eigenvalue weighted by Crippen LogP contribution is -2.58. The van der Waals surface area contributed by atoms with Gasteiger partial charge in [-0.3, -0.25) is 4.79 Å². The van der Waals surface area contributed by atoms with E-state index in [1.807, 2.05) is 24.3 Å². The van der Waals surface area contributed by atoms with E-state index in [0.29, 0.717) is 17.0 Å². The average molecular weight is 408 g/mol. The number of carbonyl (C=O) groups is 1. The van der Waals surface area contributed by atoms with Crippen molar-refractivity contribution in [1.29, 1.82) is 0 Å². The molecule has 0 spiro atoms. The molecule has 0 saturated carbocycles. The number of rotatable bonds is 5. The van der Waals surface area contributed by atoms with Crippen molar-refractivity contribution in [3.05, 3.63) is 64.2 Å². The largest absolute Gasteiger partial charge is 0.497 e. The number of amides is 1. The van der Waals surface area contributed by atoms with E-state index >= 15 is 0 Å². The van der Waals surface area contributed by atoms with Crippen molar-refractivity contribution in [2.45, 2.75) is 36.9 Å². The van der Waals surface area contributed by atoms with Gasteiger partial charge in [0.15, 0.2) is 6.10 Å². The number of hydrogen-bond donors (Lipinski definition) is 4. The number of primary amides is 1. The van der Waals surface area contributed by atoms with Crippen LogP contribution in [0, 0.1) is 0 Å². The van der Waals surface area contributed by atoms with Gasteiger partial charge in [-0.15, -0.1) is 0 Å². The Morgan fingerprint density at radius 1 is 1.11 bits per heavy atom. The summed E-state index contributed by atoms with van der Waals surface area (Å²) in [6.07, 6.45) is -6.55. The third-order valence-electron chi connectivity index (χ3n) is 4.85. The van der Waals surface area contributed by atoms with Crippen LogP contribution in [0.4, 0.5) is 0 Å². The van der Waals surface area contributed by atoms with Gasteiger partial charge < -0.3 is 30.5 Å². The minimum Gasteiger partial charge on any atom is -0.497 e. The molecule has 8 heteroatoms. The molecule has 0 aromatic heterocycles. The third kappa shape index (κ3) is 4.14. The summed E-state index contributed by atoms with van der Waals surface area (Å²) >= 11 is 6.32. The first-order valence-corrected chi connectivity index (χ1v) is 9.10. The number of methoxy groups -OCH3 is 1. The van der Waals surface area contributed by atoms with Crippen molar-refractivity contribution < 1.29 is 29.6 Å². The smallest absolute Gasteiger partial charge is 0.249 e. The van der Waals surface area contributed by atoms with E-state index in [4.69, 9.17) is 26.8 Å². The van der Waals surface area contributed by atoms with Gasteiger partial charge in [0.05, 0.1) is 7.11 Å². The molecule has 150 valence electrons. The Morgan fingerprint density at radius 3 is 2.39 bits per heavy atom. The summed E-state index contributed by atoms with van der Waals surface area (Å²) in [5, 5.41) is 30.9. The van der Waals surface area contributed by atoms with Crippen molar-refractivity contribution in [1.82, 2.24) is 0 Å². The highest BCUT2D eigenvalue weighted by atomic mass is 35.5. The average Bonchev–Trinajstić information content (AvgIpc) is 2.68. The van der Waals surface area contributed by atoms with E-state index in [1.54, 1.807) is 25.3 Å². The van der Waals surface area contributed by atoms with Crippen molar-refractivity contribution >= 4 is 17.5 Å². The van der Waals surface area contributed by atoms with Crippen LogP contribution in [0.25, 0.3) is 0 Å². The van der Waals surface area contributed by atoms with Gasteiger partial charge in [0.2, 0.25) is 5.91 Å². The Morgan fingerprint density at radius 2 is 1.79 bits per heavy atom. The van der Waals surface area contributed by atoms with E-state index in [-0.39, 0.29) is 0 Å². The second-order valence-corrected chi connectivity index (χ2v) is 7.13. The highest BCUT2D eigenvalue weighted by Gasteiger charge is 2.46. The van der Waals surface area contributed by atoms with Crippen LogP contribution >= 0.6 is 11.6 Å². The number of aliphatic hydroxyl groups excluding tert-OH is 3. The molecule has 2 aromatic carbocycles. The fourth-order valence-electron chi connectivity index (χ4n) is 3.26. The van der Waals surface area contributed by atoms with E-state index in [0.717, 1.165) is 16.9 Å². The lowest BCUT2D eigenvalue weighted by atomic mass is 9.89. The molecule has 7 nitrogen and oxygen atoms in total. The van der Waals surface area contributed by atoms with Gasteiger partial charge in [-0.25, -0.2) is 0 Å². The van der Waals surface area contributed by atoms with Crippen LogP contribution in [0.5, 0.6) is 5.75 Å². The molecule has 5 atom stereocenters. The van der Waals surface area contributed by atoms with Gasteiger partial charge in [0.1, 0.15) is 30.2 Å². The summed E-state index contributed by atoms with van der Waals surface area (Å²) in [6, 6.07) is 12.5. The minimum atomic E-state index is -1.60. The van der Waals surface area contributed by atoms with Crippen LogP contribution in [0.15, 0.2) is 42.5 Å². The molecule has 0 aliphatic carbocycles. The molecule has 28 heavy (non-hydrogen) atoms. The minimum absolute atomic E-state index is 0.512. The molecule has 1 aliphatic heterocycles. The zero-order chi connectivity index (χ0) is 20.4. The second-order valence-electron chi connectivity index (χ2n) is 6.73. The highest BCUT2D eigenvalue weighted by molar-refractivity contribution is 6.31. The van der Waals surface area contributed by atoms with E-state index in [9.17, 15) is 20.1 Å². The Hall–Kier alpha value is -2.16. The number of carbonyl (C=O) groups excluding carboxylic acids is 1. The molecule has 1 heterocycles. The quantitative estimate of drug-likeness (QED) is 0.585. The summed E-state index contributed by atoms with van der Waals surface area (Å²) in [5.41, 5.74) is 7.52. The Bertz CT molecular complexity index is 843. The molecule has 3 rings (SSSR count). The monoisotopic (exact) mass is 407 g/mol. The second kappa shape index (κ2) is 8.46. The van der Waals surface area contributed by atoms with Gasteiger partial charge in [-0.2, -0.15) is 0 Å². The Balaban J connectivity index is 1.88. The van der Waals surface area contributed by atoms with Crippen LogP contribution < -0.4 is 10.5 Å². The van der Waals surface area contributed by atoms with E-state index < -0.39 is 36.4 Å². The lowest BCUT2D eigenvalue weighted by Gasteiger charge is -2.39. The molecule has 0 bridgehead atoms. The summed E-state index contributed by atoms with van der Waals surface area (Å²) in [4.78, 5) is 11.5. The van der Waals surface area contributed by atoms with E-state index in [1.165, 1.54) is 0 Å². The fraction of sp³-hybridized carbons (Fsp3) is 0.350. The van der Waals surface area contributed by atoms with Gasteiger partial charge in [-0.1, -0.05) is 35.9 Å². The molecular formula is C20H22ClNO6. The van der Waals surface area contributed by atoms with Crippen molar-refractivity contribution in [2.24, 2.45) is 5.73 Å². The zero-order valence-corrected chi connectivity index (χ0v) is 15.9.